The third-order valence-corrected chi connectivity index (χ3v) is 4.26. The Bertz CT molecular complexity index is 798. The molecule has 2 aromatic heterocycles. The Morgan fingerprint density at radius 3 is 2.69 bits per heavy atom. The average molecular weight is 366 g/mol. The van der Waals surface area contributed by atoms with Crippen molar-refractivity contribution in [1.82, 2.24) is 15.0 Å². The lowest BCUT2D eigenvalue weighted by molar-refractivity contribution is -0.143. The van der Waals surface area contributed by atoms with Gasteiger partial charge in [-0.05, 0) is 24.5 Å². The summed E-state index contributed by atoms with van der Waals surface area (Å²) in [6.45, 7) is 2.42. The summed E-state index contributed by atoms with van der Waals surface area (Å²) in [5, 5.41) is 9.29. The molecule has 2 aromatic rings. The number of piperidine rings is 1. The summed E-state index contributed by atoms with van der Waals surface area (Å²) in [7, 11) is 0. The van der Waals surface area contributed by atoms with Crippen molar-refractivity contribution in [3.05, 3.63) is 36.3 Å². The predicted octanol–water partition coefficient (Wildman–Crippen LogP) is 3.10. The van der Waals surface area contributed by atoms with Gasteiger partial charge in [0.2, 0.25) is 0 Å². The van der Waals surface area contributed by atoms with Gasteiger partial charge in [0.25, 0.3) is 0 Å². The summed E-state index contributed by atoms with van der Waals surface area (Å²) in [6.07, 6.45) is -1.26. The largest absolute Gasteiger partial charge is 0.481 e. The fourth-order valence-electron chi connectivity index (χ4n) is 3.08. The first-order valence-electron chi connectivity index (χ1n) is 8.08. The molecule has 0 spiro atoms. The van der Waals surface area contributed by atoms with E-state index in [0.717, 1.165) is 6.07 Å². The van der Waals surface area contributed by atoms with Gasteiger partial charge in [0.1, 0.15) is 5.82 Å². The van der Waals surface area contributed by atoms with Gasteiger partial charge >= 0.3 is 12.1 Å². The molecule has 0 aliphatic carbocycles. The number of hydrogen-bond donors (Lipinski definition) is 1. The molecule has 2 unspecified atom stereocenters. The van der Waals surface area contributed by atoms with Crippen LogP contribution in [0.1, 0.15) is 19.0 Å². The molecule has 0 bridgehead atoms. The molecule has 6 nitrogen and oxygen atoms in total. The van der Waals surface area contributed by atoms with Gasteiger partial charge in [-0.25, -0.2) is 9.97 Å². The summed E-state index contributed by atoms with van der Waals surface area (Å²) in [6, 6.07) is 4.03. The highest BCUT2D eigenvalue weighted by Crippen LogP contribution is 2.33. The number of pyridine rings is 1. The van der Waals surface area contributed by atoms with Crippen molar-refractivity contribution in [2.75, 3.05) is 18.0 Å². The van der Waals surface area contributed by atoms with Crippen molar-refractivity contribution in [2.45, 2.75) is 19.5 Å². The SMILES string of the molecule is CC1CC(C(=O)O)CN(c2cc(C(F)(F)F)nc(-c3cccnc3)n2)C1. The van der Waals surface area contributed by atoms with Crippen LogP contribution in [-0.2, 0) is 11.0 Å². The Morgan fingerprint density at radius 1 is 1.31 bits per heavy atom. The zero-order valence-corrected chi connectivity index (χ0v) is 13.9. The molecular formula is C17H17F3N4O2. The molecule has 1 aliphatic heterocycles. The van der Waals surface area contributed by atoms with Gasteiger partial charge in [0, 0.05) is 37.1 Å². The van der Waals surface area contributed by atoms with Gasteiger partial charge < -0.3 is 10.0 Å². The van der Waals surface area contributed by atoms with Crippen LogP contribution < -0.4 is 4.90 Å². The normalized spacial score (nSPS) is 20.8. The molecule has 1 saturated heterocycles. The van der Waals surface area contributed by atoms with E-state index in [1.54, 1.807) is 17.0 Å². The standard InChI is InChI=1S/C17H17F3N4O2/c1-10-5-12(16(25)26)9-24(8-10)14-6-13(17(18,19)20)22-15(23-14)11-3-2-4-21-7-11/h2-4,6-7,10,12H,5,8-9H2,1H3,(H,25,26). The van der Waals surface area contributed by atoms with Crippen LogP contribution in [0.25, 0.3) is 11.4 Å². The number of carbonyl (C=O) groups is 1. The number of aromatic nitrogens is 3. The lowest BCUT2D eigenvalue weighted by Gasteiger charge is -2.35. The van der Waals surface area contributed by atoms with Gasteiger partial charge in [-0.2, -0.15) is 13.2 Å². The fourth-order valence-corrected chi connectivity index (χ4v) is 3.08. The van der Waals surface area contributed by atoms with Gasteiger partial charge in [-0.1, -0.05) is 6.92 Å². The van der Waals surface area contributed by atoms with Crippen LogP contribution in [0.15, 0.2) is 30.6 Å². The monoisotopic (exact) mass is 366 g/mol. The van der Waals surface area contributed by atoms with Crippen molar-refractivity contribution in [2.24, 2.45) is 11.8 Å². The molecule has 138 valence electrons. The second-order valence-corrected chi connectivity index (χ2v) is 6.46. The van der Waals surface area contributed by atoms with Crippen molar-refractivity contribution < 1.29 is 23.1 Å². The minimum atomic E-state index is -4.64. The number of rotatable bonds is 3. The molecule has 9 heteroatoms. The molecule has 0 aromatic carbocycles. The van der Waals surface area contributed by atoms with Crippen LogP contribution in [0, 0.1) is 11.8 Å². The number of carboxylic acids is 1. The lowest BCUT2D eigenvalue weighted by atomic mass is 9.90. The van der Waals surface area contributed by atoms with E-state index < -0.39 is 23.8 Å². The minimum absolute atomic E-state index is 0.0241. The van der Waals surface area contributed by atoms with Crippen LogP contribution >= 0.6 is 0 Å². The number of hydrogen-bond acceptors (Lipinski definition) is 5. The molecule has 3 rings (SSSR count). The van der Waals surface area contributed by atoms with Crippen LogP contribution in [0.4, 0.5) is 19.0 Å². The Hall–Kier alpha value is -2.71. The Balaban J connectivity index is 2.04. The summed E-state index contributed by atoms with van der Waals surface area (Å²) in [5.74, 6) is -1.60. The molecule has 1 fully saturated rings. The van der Waals surface area contributed by atoms with E-state index in [2.05, 4.69) is 15.0 Å². The number of halogens is 3. The van der Waals surface area contributed by atoms with Gasteiger partial charge in [0.05, 0.1) is 5.92 Å². The fraction of sp³-hybridized carbons (Fsp3) is 0.412. The van der Waals surface area contributed by atoms with Crippen molar-refractivity contribution in [1.29, 1.82) is 0 Å². The number of nitrogens with zero attached hydrogens (tertiary/aromatic N) is 4. The quantitative estimate of drug-likeness (QED) is 0.899. The second-order valence-electron chi connectivity index (χ2n) is 6.46. The van der Waals surface area contributed by atoms with Crippen LogP contribution in [0.5, 0.6) is 0 Å². The molecule has 26 heavy (non-hydrogen) atoms. The molecule has 0 amide bonds. The minimum Gasteiger partial charge on any atom is -0.481 e. The van der Waals surface area contributed by atoms with Crippen molar-refractivity contribution >= 4 is 11.8 Å². The molecule has 0 saturated carbocycles. The molecular weight excluding hydrogens is 349 g/mol. The van der Waals surface area contributed by atoms with Crippen molar-refractivity contribution in [3.8, 4) is 11.4 Å². The van der Waals surface area contributed by atoms with E-state index >= 15 is 0 Å². The van der Waals surface area contributed by atoms with Crippen LogP contribution in [0.3, 0.4) is 0 Å². The topological polar surface area (TPSA) is 79.2 Å². The molecule has 2 atom stereocenters. The molecule has 1 aliphatic rings. The van der Waals surface area contributed by atoms with E-state index in [4.69, 9.17) is 0 Å². The van der Waals surface area contributed by atoms with Crippen LogP contribution in [0.2, 0.25) is 0 Å². The smallest absolute Gasteiger partial charge is 0.433 e. The Morgan fingerprint density at radius 2 is 2.08 bits per heavy atom. The number of anilines is 1. The third kappa shape index (κ3) is 3.92. The first-order chi connectivity index (χ1) is 12.2. The maximum atomic E-state index is 13.3. The van der Waals surface area contributed by atoms with Gasteiger partial charge in [-0.3, -0.25) is 9.78 Å². The Labute approximate surface area is 147 Å². The zero-order valence-electron chi connectivity index (χ0n) is 13.9. The highest BCUT2D eigenvalue weighted by Gasteiger charge is 2.36. The molecule has 0 radical (unpaired) electrons. The van der Waals surface area contributed by atoms with E-state index in [-0.39, 0.29) is 24.1 Å². The van der Waals surface area contributed by atoms with E-state index in [9.17, 15) is 23.1 Å². The maximum Gasteiger partial charge on any atom is 0.433 e. The summed E-state index contributed by atoms with van der Waals surface area (Å²) in [4.78, 5) is 24.7. The highest BCUT2D eigenvalue weighted by molar-refractivity contribution is 5.71. The summed E-state index contributed by atoms with van der Waals surface area (Å²) < 4.78 is 39.9. The Kier molecular flexibility index (Phi) is 4.80. The predicted molar refractivity (Wildman–Crippen MR) is 87.4 cm³/mol. The average Bonchev–Trinajstić information content (AvgIpc) is 2.61. The lowest BCUT2D eigenvalue weighted by Crippen LogP contribution is -2.43. The first-order valence-corrected chi connectivity index (χ1v) is 8.08. The number of carboxylic acid groups (broad SMARTS) is 1. The van der Waals surface area contributed by atoms with Gasteiger partial charge in [-0.15, -0.1) is 0 Å². The van der Waals surface area contributed by atoms with E-state index in [1.807, 2.05) is 6.92 Å². The number of alkyl halides is 3. The summed E-state index contributed by atoms with van der Waals surface area (Å²) in [5.41, 5.74) is -0.703. The molecule has 1 N–H and O–H groups in total. The van der Waals surface area contributed by atoms with E-state index in [0.29, 0.717) is 18.5 Å². The maximum absolute atomic E-state index is 13.3. The summed E-state index contributed by atoms with van der Waals surface area (Å²) >= 11 is 0. The van der Waals surface area contributed by atoms with E-state index in [1.165, 1.54) is 12.4 Å². The first kappa shape index (κ1) is 18.1. The molecule has 3 heterocycles. The zero-order chi connectivity index (χ0) is 18.9. The van der Waals surface area contributed by atoms with Crippen LogP contribution in [-0.4, -0.2) is 39.1 Å². The van der Waals surface area contributed by atoms with Crippen molar-refractivity contribution in [3.63, 3.8) is 0 Å². The second kappa shape index (κ2) is 6.89. The number of aliphatic carboxylic acids is 1. The van der Waals surface area contributed by atoms with Gasteiger partial charge in [0.15, 0.2) is 11.5 Å². The third-order valence-electron chi connectivity index (χ3n) is 4.26. The highest BCUT2D eigenvalue weighted by atomic mass is 19.4.